The molecule has 0 spiro atoms. The van der Waals surface area contributed by atoms with Crippen molar-refractivity contribution in [1.82, 2.24) is 29.8 Å². The van der Waals surface area contributed by atoms with E-state index in [0.717, 1.165) is 0 Å². The molecule has 0 fully saturated rings. The van der Waals surface area contributed by atoms with Crippen LogP contribution >= 0.6 is 0 Å². The molecule has 0 aliphatic rings. The summed E-state index contributed by atoms with van der Waals surface area (Å²) in [5.74, 6) is 0.169. The van der Waals surface area contributed by atoms with Crippen LogP contribution in [-0.2, 0) is 24.9 Å². The second-order valence-electron chi connectivity index (χ2n) is 3.83. The first-order valence-corrected chi connectivity index (χ1v) is 5.79. The van der Waals surface area contributed by atoms with Gasteiger partial charge in [0.2, 0.25) is 0 Å². The number of aryl methyl sites for hydroxylation is 1. The maximum atomic E-state index is 11.7. The van der Waals surface area contributed by atoms with Crippen LogP contribution in [0.1, 0.15) is 28.9 Å². The van der Waals surface area contributed by atoms with Gasteiger partial charge in [-0.3, -0.25) is 0 Å². The molecule has 0 saturated heterocycles. The van der Waals surface area contributed by atoms with Gasteiger partial charge in [0.25, 0.3) is 0 Å². The molecule has 2 rings (SSSR count). The van der Waals surface area contributed by atoms with Crippen LogP contribution in [-0.4, -0.2) is 42.3 Å². The third kappa shape index (κ3) is 2.60. The fourth-order valence-electron chi connectivity index (χ4n) is 1.60. The second kappa shape index (κ2) is 5.57. The second-order valence-corrected chi connectivity index (χ2v) is 3.83. The highest BCUT2D eigenvalue weighted by Gasteiger charge is 2.20. The van der Waals surface area contributed by atoms with Gasteiger partial charge in [-0.15, -0.1) is 15.3 Å². The highest BCUT2D eigenvalue weighted by atomic mass is 16.5. The van der Waals surface area contributed by atoms with Crippen molar-refractivity contribution < 1.29 is 9.53 Å². The van der Waals surface area contributed by atoms with E-state index in [1.807, 2.05) is 7.05 Å². The molecule has 0 bridgehead atoms. The van der Waals surface area contributed by atoms with Crippen molar-refractivity contribution in [3.8, 4) is 0 Å². The normalized spacial score (nSPS) is 10.7. The standard InChI is InChI=1S/C10H15N7O2/c1-3-19-10(18)9-7(4-11)17(15-14-9)5-8-13-12-6-16(8)2/h6H,3-5,11H2,1-2H3. The van der Waals surface area contributed by atoms with Gasteiger partial charge < -0.3 is 15.0 Å². The summed E-state index contributed by atoms with van der Waals surface area (Å²) in [6.07, 6.45) is 1.58. The number of aromatic nitrogens is 6. The van der Waals surface area contributed by atoms with Gasteiger partial charge in [-0.25, -0.2) is 9.48 Å². The molecule has 0 aliphatic heterocycles. The van der Waals surface area contributed by atoms with Crippen LogP contribution in [0.25, 0.3) is 0 Å². The Morgan fingerprint density at radius 1 is 1.47 bits per heavy atom. The van der Waals surface area contributed by atoms with E-state index in [0.29, 0.717) is 18.1 Å². The van der Waals surface area contributed by atoms with Gasteiger partial charge in [0.05, 0.1) is 12.3 Å². The Morgan fingerprint density at radius 2 is 2.26 bits per heavy atom. The molecule has 19 heavy (non-hydrogen) atoms. The molecule has 0 amide bonds. The first kappa shape index (κ1) is 13.1. The van der Waals surface area contributed by atoms with E-state index in [1.165, 1.54) is 4.68 Å². The van der Waals surface area contributed by atoms with Crippen molar-refractivity contribution in [3.63, 3.8) is 0 Å². The van der Waals surface area contributed by atoms with Crippen molar-refractivity contribution >= 4 is 5.97 Å². The molecule has 0 aromatic carbocycles. The van der Waals surface area contributed by atoms with Crippen molar-refractivity contribution in [2.75, 3.05) is 6.61 Å². The number of hydrogen-bond donors (Lipinski definition) is 1. The SMILES string of the molecule is CCOC(=O)c1nnn(Cc2nncn2C)c1CN. The van der Waals surface area contributed by atoms with E-state index in [9.17, 15) is 4.79 Å². The molecule has 2 N–H and O–H groups in total. The molecule has 102 valence electrons. The van der Waals surface area contributed by atoms with Crippen LogP contribution in [0.15, 0.2) is 6.33 Å². The minimum atomic E-state index is -0.521. The lowest BCUT2D eigenvalue weighted by molar-refractivity contribution is 0.0518. The third-order valence-electron chi connectivity index (χ3n) is 2.60. The number of rotatable bonds is 5. The van der Waals surface area contributed by atoms with Gasteiger partial charge in [-0.2, -0.15) is 0 Å². The van der Waals surface area contributed by atoms with E-state index < -0.39 is 5.97 Å². The lowest BCUT2D eigenvalue weighted by Gasteiger charge is -2.05. The smallest absolute Gasteiger partial charge is 0.360 e. The molecular formula is C10H15N7O2. The zero-order valence-corrected chi connectivity index (χ0v) is 10.8. The summed E-state index contributed by atoms with van der Waals surface area (Å²) in [5.41, 5.74) is 6.31. The Morgan fingerprint density at radius 3 is 2.84 bits per heavy atom. The summed E-state index contributed by atoms with van der Waals surface area (Å²) in [6, 6.07) is 0. The van der Waals surface area contributed by atoms with Crippen LogP contribution in [0.3, 0.4) is 0 Å². The number of carbonyl (C=O) groups excluding carboxylic acids is 1. The third-order valence-corrected chi connectivity index (χ3v) is 2.60. The monoisotopic (exact) mass is 265 g/mol. The Labute approximate surface area is 109 Å². The number of nitrogens with zero attached hydrogens (tertiary/aromatic N) is 6. The van der Waals surface area contributed by atoms with Gasteiger partial charge in [-0.1, -0.05) is 5.21 Å². The van der Waals surface area contributed by atoms with Crippen molar-refractivity contribution in [3.05, 3.63) is 23.5 Å². The first-order chi connectivity index (χ1) is 9.17. The lowest BCUT2D eigenvalue weighted by Crippen LogP contribution is -2.16. The van der Waals surface area contributed by atoms with Crippen LogP contribution in [0.5, 0.6) is 0 Å². The fourth-order valence-corrected chi connectivity index (χ4v) is 1.60. The Bertz CT molecular complexity index is 574. The predicted molar refractivity (Wildman–Crippen MR) is 64.0 cm³/mol. The highest BCUT2D eigenvalue weighted by molar-refractivity contribution is 5.88. The molecule has 9 heteroatoms. The van der Waals surface area contributed by atoms with Crippen LogP contribution in [0, 0.1) is 0 Å². The molecule has 0 aliphatic carbocycles. The average Bonchev–Trinajstić information content (AvgIpc) is 2.97. The van der Waals surface area contributed by atoms with Gasteiger partial charge in [0.1, 0.15) is 12.9 Å². The number of esters is 1. The molecule has 0 radical (unpaired) electrons. The van der Waals surface area contributed by atoms with E-state index in [1.54, 1.807) is 17.8 Å². The predicted octanol–water partition coefficient (Wildman–Crippen LogP) is -0.910. The molecule has 0 saturated carbocycles. The molecule has 0 unspecified atom stereocenters. The van der Waals surface area contributed by atoms with Crippen LogP contribution < -0.4 is 5.73 Å². The summed E-state index contributed by atoms with van der Waals surface area (Å²) in [6.45, 7) is 2.48. The number of nitrogens with two attached hydrogens (primary N) is 1. The lowest BCUT2D eigenvalue weighted by atomic mass is 10.3. The summed E-state index contributed by atoms with van der Waals surface area (Å²) >= 11 is 0. The molecule has 2 aromatic heterocycles. The van der Waals surface area contributed by atoms with Gasteiger partial charge in [0, 0.05) is 13.6 Å². The molecular weight excluding hydrogens is 250 g/mol. The maximum Gasteiger partial charge on any atom is 0.360 e. The van der Waals surface area contributed by atoms with Crippen molar-refractivity contribution in [2.45, 2.75) is 20.0 Å². The molecule has 2 aromatic rings. The number of carbonyl (C=O) groups is 1. The average molecular weight is 265 g/mol. The molecule has 0 atom stereocenters. The zero-order chi connectivity index (χ0) is 13.8. The van der Waals surface area contributed by atoms with Gasteiger partial charge in [-0.05, 0) is 6.92 Å². The van der Waals surface area contributed by atoms with Crippen LogP contribution in [0.2, 0.25) is 0 Å². The molecule has 2 heterocycles. The quantitative estimate of drug-likeness (QED) is 0.696. The summed E-state index contributed by atoms with van der Waals surface area (Å²) < 4.78 is 8.18. The minimum Gasteiger partial charge on any atom is -0.461 e. The van der Waals surface area contributed by atoms with E-state index >= 15 is 0 Å². The Balaban J connectivity index is 2.27. The molecule has 9 nitrogen and oxygen atoms in total. The largest absolute Gasteiger partial charge is 0.461 e. The minimum absolute atomic E-state index is 0.138. The topological polar surface area (TPSA) is 114 Å². The maximum absolute atomic E-state index is 11.7. The number of ether oxygens (including phenoxy) is 1. The Hall–Kier alpha value is -2.29. The summed E-state index contributed by atoms with van der Waals surface area (Å²) in [7, 11) is 1.82. The fraction of sp³-hybridized carbons (Fsp3) is 0.500. The Kier molecular flexibility index (Phi) is 3.85. The van der Waals surface area contributed by atoms with Gasteiger partial charge in [0.15, 0.2) is 11.5 Å². The summed E-state index contributed by atoms with van der Waals surface area (Å²) in [5, 5.41) is 15.4. The van der Waals surface area contributed by atoms with Gasteiger partial charge >= 0.3 is 5.97 Å². The van der Waals surface area contributed by atoms with E-state index in [-0.39, 0.29) is 18.8 Å². The van der Waals surface area contributed by atoms with Crippen molar-refractivity contribution in [1.29, 1.82) is 0 Å². The first-order valence-electron chi connectivity index (χ1n) is 5.79. The van der Waals surface area contributed by atoms with E-state index in [4.69, 9.17) is 10.5 Å². The summed E-state index contributed by atoms with van der Waals surface area (Å²) in [4.78, 5) is 11.7. The van der Waals surface area contributed by atoms with Crippen LogP contribution in [0.4, 0.5) is 0 Å². The van der Waals surface area contributed by atoms with E-state index in [2.05, 4.69) is 20.5 Å². The zero-order valence-electron chi connectivity index (χ0n) is 10.8. The van der Waals surface area contributed by atoms with Crippen molar-refractivity contribution in [2.24, 2.45) is 12.8 Å². The number of hydrogen-bond acceptors (Lipinski definition) is 7. The highest BCUT2D eigenvalue weighted by Crippen LogP contribution is 2.08.